The Labute approximate surface area is 337 Å². The zero-order valence-electron chi connectivity index (χ0n) is 36.0. The molecule has 0 atom stereocenters. The average molecular weight is 1120 g/mol. The third-order valence-corrected chi connectivity index (χ3v) is 28.1. The molecule has 0 unspecified atom stereocenters. The molecule has 0 aliphatic carbocycles. The van der Waals surface area contributed by atoms with Gasteiger partial charge in [0.2, 0.25) is 0 Å². The van der Waals surface area contributed by atoms with E-state index in [-0.39, 0.29) is 42.1 Å². The zero-order valence-corrected chi connectivity index (χ0v) is 44.5. The van der Waals surface area contributed by atoms with E-state index in [9.17, 15) is 0 Å². The van der Waals surface area contributed by atoms with Crippen LogP contribution in [0.25, 0.3) is 0 Å². The molecule has 0 fully saturated rings. The molecule has 0 N–H and O–H groups in total. The molecule has 0 aromatic heterocycles. The van der Waals surface area contributed by atoms with Gasteiger partial charge in [0, 0.05) is 31.7 Å². The second-order valence-corrected chi connectivity index (χ2v) is 38.9. The van der Waals surface area contributed by atoms with Gasteiger partial charge in [0.1, 0.15) is 0 Å². The maximum atomic E-state index is 7.75. The minimum atomic E-state index is -0.394. The van der Waals surface area contributed by atoms with E-state index in [1.807, 2.05) is 0 Å². The summed E-state index contributed by atoms with van der Waals surface area (Å²) in [6, 6.07) is 0. The first-order valence-electron chi connectivity index (χ1n) is 16.4. The van der Waals surface area contributed by atoms with E-state index in [0.29, 0.717) is 41.2 Å². The fourth-order valence-electron chi connectivity index (χ4n) is 6.97. The third kappa shape index (κ3) is 31.3. The molecule has 0 bridgehead atoms. The van der Waals surface area contributed by atoms with E-state index in [2.05, 4.69) is 193 Å². The minimum Gasteiger partial charge on any atom is -0.545 e. The summed E-state index contributed by atoms with van der Waals surface area (Å²) in [7, 11) is -1.58. The zero-order chi connectivity index (χ0) is 39.7. The van der Waals surface area contributed by atoms with Gasteiger partial charge in [-0.15, -0.1) is 0 Å². The molecule has 0 spiro atoms. The van der Waals surface area contributed by atoms with Gasteiger partial charge >= 0.3 is 42.1 Å². The fraction of sp³-hybridized carbons (Fsp3) is 0.895. The normalized spacial score (nSPS) is 12.6. The Morgan fingerprint density at radius 2 is 0.312 bits per heavy atom. The van der Waals surface area contributed by atoms with Gasteiger partial charge < -0.3 is 19.2 Å². The van der Waals surface area contributed by atoms with Gasteiger partial charge in [0.25, 0.3) is 0 Å². The molecule has 4 nitrogen and oxygen atoms in total. The van der Waals surface area contributed by atoms with Crippen LogP contribution in [0, 0.1) is 0 Å². The summed E-state index contributed by atoms with van der Waals surface area (Å²) in [5.74, 6) is 3.05. The largest absolute Gasteiger partial charge is 2.00 e. The summed E-state index contributed by atoms with van der Waals surface area (Å²) in [6.07, 6.45) is 0. The van der Waals surface area contributed by atoms with Gasteiger partial charge in [-0.05, 0) is 166 Å². The van der Waals surface area contributed by atoms with Crippen LogP contribution in [0.3, 0.4) is 0 Å². The van der Waals surface area contributed by atoms with Gasteiger partial charge in [-0.2, -0.15) is 0 Å². The third-order valence-electron chi connectivity index (χ3n) is 7.95. The molecule has 0 heterocycles. The first kappa shape index (κ1) is 67.9. The molecular formula is C38H84O4P4Pt2+4. The molecule has 10 heteroatoms. The number of hydrogen-bond donors (Lipinski definition) is 0. The Balaban J connectivity index is -0.0000000886. The Kier molecular flexibility index (Phi) is 38.7. The second kappa shape index (κ2) is 27.4. The number of rotatable bonds is 4. The molecule has 296 valence electrons. The van der Waals surface area contributed by atoms with Crippen molar-refractivity contribution in [1.29, 1.82) is 0 Å². The van der Waals surface area contributed by atoms with Crippen molar-refractivity contribution in [2.24, 2.45) is 0 Å². The van der Waals surface area contributed by atoms with Crippen molar-refractivity contribution < 1.29 is 61.3 Å². The quantitative estimate of drug-likeness (QED) is 0.160. The van der Waals surface area contributed by atoms with Crippen LogP contribution in [0.2, 0.25) is 0 Å². The van der Waals surface area contributed by atoms with E-state index >= 15 is 0 Å². The molecule has 0 amide bonds. The summed E-state index contributed by atoms with van der Waals surface area (Å²) in [5.41, 5.74) is 0. The van der Waals surface area contributed by atoms with Gasteiger partial charge in [-0.3, -0.25) is 27.2 Å². The number of hydrogen-bond acceptors (Lipinski definition) is 4. The van der Waals surface area contributed by atoms with E-state index in [1.54, 1.807) is 0 Å². The molecule has 0 radical (unpaired) electrons. The molecule has 0 aliphatic rings. The van der Waals surface area contributed by atoms with Gasteiger partial charge in [0.15, 0.2) is 11.8 Å². The Hall–Kier alpha value is 1.78. The monoisotopic (exact) mass is 1120 g/mol. The summed E-state index contributed by atoms with van der Waals surface area (Å²) in [6.45, 7) is 72.3. The standard InChI is InChI=1S/2C17H38P2.4CHO.2Pt/c2*1-14(2,3)18(15(4,5)6)13-19(16(7,8)9)17(10,11)12;4*1-2;;/h2*13H2,1-12H3;4*1H;;/q;;4*-1;2*+2/p+4. The maximum absolute atomic E-state index is 7.75. The van der Waals surface area contributed by atoms with Crippen molar-refractivity contribution in [3.05, 3.63) is 0 Å². The Bertz CT molecular complexity index is 586. The molecule has 0 saturated carbocycles. The van der Waals surface area contributed by atoms with Gasteiger partial charge in [-0.25, -0.2) is 0 Å². The molecule has 0 aromatic rings. The molecular weight excluding hydrogens is 1030 g/mol. The maximum Gasteiger partial charge on any atom is 2.00 e. The van der Waals surface area contributed by atoms with Crippen LogP contribution < -0.4 is 0 Å². The van der Waals surface area contributed by atoms with E-state index in [4.69, 9.17) is 19.2 Å². The fourth-order valence-corrected chi connectivity index (χ4v) is 35.8. The minimum absolute atomic E-state index is 0. The van der Waals surface area contributed by atoms with Crippen LogP contribution in [-0.4, -0.2) is 80.2 Å². The van der Waals surface area contributed by atoms with Gasteiger partial charge in [-0.1, -0.05) is 0 Å². The van der Waals surface area contributed by atoms with Crippen LogP contribution in [0.15, 0.2) is 0 Å². The van der Waals surface area contributed by atoms with Crippen molar-refractivity contribution in [2.75, 3.05) is 11.8 Å². The smallest absolute Gasteiger partial charge is 0.545 e. The summed E-state index contributed by atoms with van der Waals surface area (Å²) in [4.78, 5) is 31.0. The first-order valence-corrected chi connectivity index (χ1v) is 23.2. The van der Waals surface area contributed by atoms with Crippen molar-refractivity contribution in [2.45, 2.75) is 207 Å². The average Bonchev–Trinajstić information content (AvgIpc) is 2.78. The van der Waals surface area contributed by atoms with Crippen LogP contribution in [0.5, 0.6) is 0 Å². The SMILES string of the molecule is CC(C)(C)[PH+](C[PH+](C(C)(C)C)C(C)(C)C)C(C)(C)C.CC(C)(C)[PH+](C[PH+](C(C)(C)C)C(C)(C)C)C(C)(C)C.[CH-]=O.[CH-]=O.[CH-]=O.[CH-]=O.[Pt+2].[Pt+2]. The van der Waals surface area contributed by atoms with E-state index in [0.717, 1.165) is 0 Å². The van der Waals surface area contributed by atoms with Crippen LogP contribution in [-0.2, 0) is 61.3 Å². The molecule has 0 rings (SSSR count). The van der Waals surface area contributed by atoms with Crippen LogP contribution in [0.1, 0.15) is 166 Å². The summed E-state index contributed by atoms with van der Waals surface area (Å²) >= 11 is 0. The van der Waals surface area contributed by atoms with Gasteiger partial charge in [0.05, 0.1) is 41.2 Å². The molecule has 48 heavy (non-hydrogen) atoms. The molecule has 0 saturated heterocycles. The number of carbonyl (C=O) groups excluding carboxylic acids is 4. The second-order valence-electron chi connectivity index (χ2n) is 20.3. The summed E-state index contributed by atoms with van der Waals surface area (Å²) < 4.78 is 0. The van der Waals surface area contributed by atoms with Crippen molar-refractivity contribution in [3.63, 3.8) is 0 Å². The predicted molar refractivity (Wildman–Crippen MR) is 228 cm³/mol. The predicted octanol–water partition coefficient (Wildman–Crippen LogP) is 12.0. The van der Waals surface area contributed by atoms with Crippen molar-refractivity contribution in [3.8, 4) is 0 Å². The Morgan fingerprint density at radius 3 is 0.354 bits per heavy atom. The summed E-state index contributed by atoms with van der Waals surface area (Å²) in [5, 5.41) is 3.96. The van der Waals surface area contributed by atoms with E-state index < -0.39 is 31.7 Å². The first-order chi connectivity index (χ1) is 19.9. The van der Waals surface area contributed by atoms with Crippen molar-refractivity contribution in [1.82, 2.24) is 0 Å². The van der Waals surface area contributed by atoms with Crippen molar-refractivity contribution >= 4 is 58.8 Å². The molecule has 0 aliphatic heterocycles. The topological polar surface area (TPSA) is 68.3 Å². The Morgan fingerprint density at radius 1 is 0.250 bits per heavy atom. The molecule has 0 aromatic carbocycles. The van der Waals surface area contributed by atoms with Crippen LogP contribution >= 0.6 is 31.7 Å². The van der Waals surface area contributed by atoms with E-state index in [1.165, 1.54) is 11.8 Å². The van der Waals surface area contributed by atoms with Crippen LogP contribution in [0.4, 0.5) is 0 Å².